The number of hydrogen-bond donors (Lipinski definition) is 2. The van der Waals surface area contributed by atoms with E-state index in [4.69, 9.17) is 5.73 Å². The lowest BCUT2D eigenvalue weighted by atomic mass is 9.79. The molecule has 0 aliphatic heterocycles. The molecule has 1 aliphatic rings. The molecule has 3 N–H and O–H groups in total. The van der Waals surface area contributed by atoms with Crippen LogP contribution in [0.3, 0.4) is 0 Å². The molecule has 0 saturated heterocycles. The summed E-state index contributed by atoms with van der Waals surface area (Å²) in [6, 6.07) is 10.1. The molecule has 6 nitrogen and oxygen atoms in total. The molecule has 2 aromatic rings. The smallest absolute Gasteiger partial charge is 0.273 e. The normalized spacial score (nSPS) is 16.3. The van der Waals surface area contributed by atoms with Crippen LogP contribution in [-0.4, -0.2) is 20.8 Å². The van der Waals surface area contributed by atoms with Gasteiger partial charge in [-0.3, -0.25) is 14.3 Å². The van der Waals surface area contributed by atoms with Crippen molar-refractivity contribution in [3.63, 3.8) is 0 Å². The van der Waals surface area contributed by atoms with Crippen molar-refractivity contribution in [3.05, 3.63) is 58.0 Å². The van der Waals surface area contributed by atoms with Crippen molar-refractivity contribution in [3.8, 4) is 5.75 Å². The standard InChI is InChI=1S/C17H19N3O3/c18-16(23)14-15(22)13(21)10-20(19-14)11-17(8-4-5-9-17)12-6-2-1-3-7-12/h1-3,6-7,10,21H,4-5,8-9,11H2,(H2,18,23). The van der Waals surface area contributed by atoms with E-state index < -0.39 is 22.8 Å². The van der Waals surface area contributed by atoms with E-state index in [0.29, 0.717) is 6.54 Å². The molecule has 3 rings (SSSR count). The summed E-state index contributed by atoms with van der Waals surface area (Å²) in [5, 5.41) is 13.8. The Morgan fingerprint density at radius 2 is 1.91 bits per heavy atom. The van der Waals surface area contributed by atoms with Gasteiger partial charge in [-0.05, 0) is 18.4 Å². The number of rotatable bonds is 4. The molecule has 0 unspecified atom stereocenters. The molecular weight excluding hydrogens is 294 g/mol. The average Bonchev–Trinajstić information content (AvgIpc) is 3.01. The van der Waals surface area contributed by atoms with Crippen LogP contribution in [0.2, 0.25) is 0 Å². The zero-order chi connectivity index (χ0) is 16.4. The van der Waals surface area contributed by atoms with Gasteiger partial charge in [0.05, 0.1) is 12.7 Å². The van der Waals surface area contributed by atoms with E-state index >= 15 is 0 Å². The second-order valence-electron chi connectivity index (χ2n) is 6.11. The molecule has 1 saturated carbocycles. The second-order valence-corrected chi connectivity index (χ2v) is 6.11. The van der Waals surface area contributed by atoms with Crippen molar-refractivity contribution >= 4 is 5.91 Å². The molecule has 1 amide bonds. The van der Waals surface area contributed by atoms with Gasteiger partial charge < -0.3 is 10.8 Å². The summed E-state index contributed by atoms with van der Waals surface area (Å²) >= 11 is 0. The molecule has 0 radical (unpaired) electrons. The van der Waals surface area contributed by atoms with Crippen LogP contribution in [0.1, 0.15) is 41.7 Å². The van der Waals surface area contributed by atoms with E-state index in [1.807, 2.05) is 18.2 Å². The summed E-state index contributed by atoms with van der Waals surface area (Å²) < 4.78 is 1.47. The summed E-state index contributed by atoms with van der Waals surface area (Å²) in [6.45, 7) is 0.491. The number of aromatic hydroxyl groups is 1. The molecule has 23 heavy (non-hydrogen) atoms. The molecule has 6 heteroatoms. The van der Waals surface area contributed by atoms with E-state index in [0.717, 1.165) is 25.7 Å². The van der Waals surface area contributed by atoms with E-state index in [-0.39, 0.29) is 5.41 Å². The van der Waals surface area contributed by atoms with Crippen molar-refractivity contribution in [1.29, 1.82) is 0 Å². The van der Waals surface area contributed by atoms with Crippen LogP contribution in [0.25, 0.3) is 0 Å². The van der Waals surface area contributed by atoms with Crippen molar-refractivity contribution in [2.45, 2.75) is 37.6 Å². The number of primary amides is 1. The van der Waals surface area contributed by atoms with Crippen LogP contribution in [0.15, 0.2) is 41.3 Å². The van der Waals surface area contributed by atoms with Crippen LogP contribution < -0.4 is 11.2 Å². The molecule has 120 valence electrons. The maximum atomic E-state index is 11.7. The number of amides is 1. The molecule has 1 heterocycles. The van der Waals surface area contributed by atoms with Crippen LogP contribution in [-0.2, 0) is 12.0 Å². The van der Waals surface area contributed by atoms with E-state index in [1.165, 1.54) is 16.4 Å². The van der Waals surface area contributed by atoms with Crippen LogP contribution in [0.5, 0.6) is 5.75 Å². The van der Waals surface area contributed by atoms with Crippen molar-refractivity contribution in [2.24, 2.45) is 5.73 Å². The van der Waals surface area contributed by atoms with Gasteiger partial charge in [-0.1, -0.05) is 43.2 Å². The lowest BCUT2D eigenvalue weighted by molar-refractivity contribution is 0.0990. The average molecular weight is 313 g/mol. The van der Waals surface area contributed by atoms with E-state index in [1.54, 1.807) is 0 Å². The SMILES string of the molecule is NC(=O)c1nn(CC2(c3ccccc3)CCCC2)cc(O)c1=O. The first kappa shape index (κ1) is 15.3. The van der Waals surface area contributed by atoms with E-state index in [9.17, 15) is 14.7 Å². The summed E-state index contributed by atoms with van der Waals surface area (Å²) in [5.41, 5.74) is 5.03. The third-order valence-corrected chi connectivity index (χ3v) is 4.59. The summed E-state index contributed by atoms with van der Waals surface area (Å²) in [7, 11) is 0. The first-order chi connectivity index (χ1) is 11.0. The summed E-state index contributed by atoms with van der Waals surface area (Å²) in [5.74, 6) is -1.44. The number of aromatic nitrogens is 2. The monoisotopic (exact) mass is 313 g/mol. The predicted molar refractivity (Wildman–Crippen MR) is 85.3 cm³/mol. The highest BCUT2D eigenvalue weighted by atomic mass is 16.3. The first-order valence-corrected chi connectivity index (χ1v) is 7.68. The fraction of sp³-hybridized carbons (Fsp3) is 0.353. The quantitative estimate of drug-likeness (QED) is 0.895. The number of hydrogen-bond acceptors (Lipinski definition) is 4. The minimum Gasteiger partial charge on any atom is -0.503 e. The van der Waals surface area contributed by atoms with Gasteiger partial charge in [0.15, 0.2) is 11.4 Å². The molecule has 1 aliphatic carbocycles. The topological polar surface area (TPSA) is 98.2 Å². The number of benzene rings is 1. The summed E-state index contributed by atoms with van der Waals surface area (Å²) in [4.78, 5) is 23.1. The Morgan fingerprint density at radius 3 is 2.52 bits per heavy atom. The number of nitrogens with zero attached hydrogens (tertiary/aromatic N) is 2. The van der Waals surface area contributed by atoms with Gasteiger partial charge in [0.2, 0.25) is 0 Å². The van der Waals surface area contributed by atoms with Gasteiger partial charge in [0.1, 0.15) is 0 Å². The van der Waals surface area contributed by atoms with Crippen molar-refractivity contribution < 1.29 is 9.90 Å². The highest BCUT2D eigenvalue weighted by molar-refractivity contribution is 5.90. The zero-order valence-electron chi connectivity index (χ0n) is 12.7. The lowest BCUT2D eigenvalue weighted by Crippen LogP contribution is -2.32. The number of carbonyl (C=O) groups is 1. The number of carbonyl (C=O) groups excluding carboxylic acids is 1. The number of nitrogens with two attached hydrogens (primary N) is 1. The highest BCUT2D eigenvalue weighted by Crippen LogP contribution is 2.42. The fourth-order valence-corrected chi connectivity index (χ4v) is 3.46. The largest absolute Gasteiger partial charge is 0.503 e. The van der Waals surface area contributed by atoms with Crippen LogP contribution in [0.4, 0.5) is 0 Å². The Balaban J connectivity index is 2.02. The lowest BCUT2D eigenvalue weighted by Gasteiger charge is -2.30. The molecule has 1 aromatic carbocycles. The van der Waals surface area contributed by atoms with Gasteiger partial charge in [-0.2, -0.15) is 5.10 Å². The van der Waals surface area contributed by atoms with Crippen LogP contribution in [0, 0.1) is 0 Å². The van der Waals surface area contributed by atoms with Gasteiger partial charge >= 0.3 is 0 Å². The first-order valence-electron chi connectivity index (χ1n) is 7.68. The molecule has 0 spiro atoms. The van der Waals surface area contributed by atoms with Gasteiger partial charge in [0, 0.05) is 5.41 Å². The Bertz CT molecular complexity index is 777. The summed E-state index contributed by atoms with van der Waals surface area (Å²) in [6.07, 6.45) is 5.50. The molecule has 1 aromatic heterocycles. The van der Waals surface area contributed by atoms with E-state index in [2.05, 4.69) is 17.2 Å². The second kappa shape index (κ2) is 5.87. The van der Waals surface area contributed by atoms with Gasteiger partial charge in [-0.15, -0.1) is 0 Å². The molecule has 0 atom stereocenters. The Labute approximate surface area is 133 Å². The van der Waals surface area contributed by atoms with Crippen molar-refractivity contribution in [2.75, 3.05) is 0 Å². The van der Waals surface area contributed by atoms with Gasteiger partial charge in [-0.25, -0.2) is 0 Å². The third kappa shape index (κ3) is 2.84. The highest BCUT2D eigenvalue weighted by Gasteiger charge is 2.36. The predicted octanol–water partition coefficient (Wildman–Crippen LogP) is 1.56. The maximum Gasteiger partial charge on any atom is 0.273 e. The van der Waals surface area contributed by atoms with Crippen molar-refractivity contribution in [1.82, 2.24) is 9.78 Å². The Kier molecular flexibility index (Phi) is 3.90. The maximum absolute atomic E-state index is 11.7. The fourth-order valence-electron chi connectivity index (χ4n) is 3.46. The molecule has 0 bridgehead atoms. The third-order valence-electron chi connectivity index (χ3n) is 4.59. The molecule has 1 fully saturated rings. The zero-order valence-corrected chi connectivity index (χ0v) is 12.7. The minimum absolute atomic E-state index is 0.106. The minimum atomic E-state index is -0.931. The van der Waals surface area contributed by atoms with Gasteiger partial charge in [0.25, 0.3) is 11.3 Å². The Hall–Kier alpha value is -2.63. The molecular formula is C17H19N3O3. The van der Waals surface area contributed by atoms with Crippen LogP contribution >= 0.6 is 0 Å². The Morgan fingerprint density at radius 1 is 1.26 bits per heavy atom.